The van der Waals surface area contributed by atoms with Crippen LogP contribution in [0.5, 0.6) is 0 Å². The van der Waals surface area contributed by atoms with Gasteiger partial charge in [0.1, 0.15) is 17.5 Å². The molecule has 3 unspecified atom stereocenters. The second-order valence-corrected chi connectivity index (χ2v) is 7.94. The smallest absolute Gasteiger partial charge is 0.137 e. The lowest BCUT2D eigenvalue weighted by atomic mass is 9.65. The lowest BCUT2D eigenvalue weighted by molar-refractivity contribution is 0.234. The Morgan fingerprint density at radius 2 is 1.81 bits per heavy atom. The van der Waals surface area contributed by atoms with Crippen molar-refractivity contribution in [3.63, 3.8) is 0 Å². The van der Waals surface area contributed by atoms with Crippen molar-refractivity contribution in [2.24, 2.45) is 11.8 Å². The molecule has 1 saturated carbocycles. The maximum absolute atomic E-state index is 15.3. The van der Waals surface area contributed by atoms with Crippen molar-refractivity contribution in [3.8, 4) is 11.1 Å². The molecule has 3 heteroatoms. The van der Waals surface area contributed by atoms with Crippen molar-refractivity contribution in [1.29, 1.82) is 0 Å². The van der Waals surface area contributed by atoms with Crippen molar-refractivity contribution >= 4 is 0 Å². The number of halogens is 3. The normalized spacial score (nSPS) is 24.7. The van der Waals surface area contributed by atoms with Gasteiger partial charge in [0.25, 0.3) is 0 Å². The van der Waals surface area contributed by atoms with E-state index in [1.807, 2.05) is 0 Å². The molecule has 0 nitrogen and oxygen atoms in total. The molecule has 2 aromatic carbocycles. The second kappa shape index (κ2) is 7.53. The first-order valence-corrected chi connectivity index (χ1v) is 10.0. The standard InChI is InChI=1S/C24H25F3/c1-2-3-4-15-5-11-19-17(13-15)8-12-20-21(19)14-22(26)23(24(20)27)16-6-9-18(25)10-7-16/h3-4,6-7,9-10,14-15,17,19H,2,5,8,11-13H2,1H3/b4-3+. The van der Waals surface area contributed by atoms with Gasteiger partial charge in [-0.15, -0.1) is 0 Å². The lowest BCUT2D eigenvalue weighted by Crippen LogP contribution is -2.28. The Labute approximate surface area is 159 Å². The van der Waals surface area contributed by atoms with Crippen molar-refractivity contribution in [2.75, 3.05) is 0 Å². The van der Waals surface area contributed by atoms with Gasteiger partial charge in [0.2, 0.25) is 0 Å². The van der Waals surface area contributed by atoms with Crippen molar-refractivity contribution < 1.29 is 13.2 Å². The Balaban J connectivity index is 1.67. The van der Waals surface area contributed by atoms with Gasteiger partial charge in [-0.1, -0.05) is 31.2 Å². The van der Waals surface area contributed by atoms with E-state index in [0.29, 0.717) is 29.4 Å². The van der Waals surface area contributed by atoms with Gasteiger partial charge in [-0.2, -0.15) is 0 Å². The molecule has 0 aromatic heterocycles. The highest BCUT2D eigenvalue weighted by Gasteiger charge is 2.37. The molecule has 3 atom stereocenters. The molecule has 2 aromatic rings. The van der Waals surface area contributed by atoms with E-state index in [9.17, 15) is 8.78 Å². The Morgan fingerprint density at radius 3 is 2.56 bits per heavy atom. The molecule has 0 amide bonds. The second-order valence-electron chi connectivity index (χ2n) is 7.94. The Bertz CT molecular complexity index is 851. The van der Waals surface area contributed by atoms with Gasteiger partial charge in [-0.3, -0.25) is 0 Å². The van der Waals surface area contributed by atoms with Gasteiger partial charge in [-0.25, -0.2) is 13.2 Å². The Hall–Kier alpha value is -2.03. The van der Waals surface area contributed by atoms with Crippen LogP contribution in [0.2, 0.25) is 0 Å². The average Bonchev–Trinajstić information content (AvgIpc) is 2.67. The highest BCUT2D eigenvalue weighted by Crippen LogP contribution is 2.49. The fraction of sp³-hybridized carbons (Fsp3) is 0.417. The fourth-order valence-corrected chi connectivity index (χ4v) is 5.01. The van der Waals surface area contributed by atoms with Gasteiger partial charge >= 0.3 is 0 Å². The Morgan fingerprint density at radius 1 is 1.04 bits per heavy atom. The largest absolute Gasteiger partial charge is 0.207 e. The van der Waals surface area contributed by atoms with Crippen LogP contribution in [-0.2, 0) is 6.42 Å². The summed E-state index contributed by atoms with van der Waals surface area (Å²) in [4.78, 5) is 0. The molecule has 142 valence electrons. The lowest BCUT2D eigenvalue weighted by Gasteiger charge is -2.40. The maximum Gasteiger partial charge on any atom is 0.137 e. The van der Waals surface area contributed by atoms with Crippen LogP contribution in [0, 0.1) is 29.3 Å². The highest BCUT2D eigenvalue weighted by molar-refractivity contribution is 5.67. The predicted octanol–water partition coefficient (Wildman–Crippen LogP) is 7.18. The molecule has 0 bridgehead atoms. The molecule has 1 fully saturated rings. The van der Waals surface area contributed by atoms with E-state index in [1.165, 1.54) is 24.3 Å². The van der Waals surface area contributed by atoms with Crippen molar-refractivity contribution in [1.82, 2.24) is 0 Å². The highest BCUT2D eigenvalue weighted by atomic mass is 19.1. The SMILES string of the molecule is CC/C=C/C1CCC2c3cc(F)c(-c4ccc(F)cc4)c(F)c3CCC2C1. The third-order valence-corrected chi connectivity index (χ3v) is 6.32. The summed E-state index contributed by atoms with van der Waals surface area (Å²) in [5, 5.41) is 0. The summed E-state index contributed by atoms with van der Waals surface area (Å²) in [6.07, 6.45) is 10.4. The number of allylic oxidation sites excluding steroid dienone is 2. The van der Waals surface area contributed by atoms with E-state index in [1.54, 1.807) is 6.07 Å². The third-order valence-electron chi connectivity index (χ3n) is 6.32. The molecule has 27 heavy (non-hydrogen) atoms. The van der Waals surface area contributed by atoms with E-state index in [0.717, 1.165) is 37.7 Å². The van der Waals surface area contributed by atoms with E-state index >= 15 is 4.39 Å². The zero-order valence-electron chi connectivity index (χ0n) is 15.7. The van der Waals surface area contributed by atoms with Crippen LogP contribution in [0.1, 0.15) is 56.1 Å². The first-order chi connectivity index (χ1) is 13.1. The summed E-state index contributed by atoms with van der Waals surface area (Å²) in [5.74, 6) is -0.0377. The molecule has 2 aliphatic carbocycles. The monoisotopic (exact) mass is 370 g/mol. The van der Waals surface area contributed by atoms with Crippen LogP contribution in [-0.4, -0.2) is 0 Å². The van der Waals surface area contributed by atoms with Crippen LogP contribution in [0.3, 0.4) is 0 Å². The number of rotatable bonds is 3. The molecular weight excluding hydrogens is 345 g/mol. The molecule has 2 aliphatic rings. The molecule has 0 radical (unpaired) electrons. The van der Waals surface area contributed by atoms with E-state index in [-0.39, 0.29) is 11.5 Å². The van der Waals surface area contributed by atoms with Crippen molar-refractivity contribution in [2.45, 2.75) is 51.4 Å². The predicted molar refractivity (Wildman–Crippen MR) is 103 cm³/mol. The van der Waals surface area contributed by atoms with Crippen LogP contribution in [0.4, 0.5) is 13.2 Å². The van der Waals surface area contributed by atoms with Crippen LogP contribution in [0.15, 0.2) is 42.5 Å². The van der Waals surface area contributed by atoms with Crippen LogP contribution >= 0.6 is 0 Å². The fourth-order valence-electron chi connectivity index (χ4n) is 5.01. The maximum atomic E-state index is 15.3. The molecule has 4 rings (SSSR count). The summed E-state index contributed by atoms with van der Waals surface area (Å²) in [5.41, 5.74) is 1.90. The third kappa shape index (κ3) is 3.44. The van der Waals surface area contributed by atoms with Gasteiger partial charge in [-0.05, 0) is 91.2 Å². The summed E-state index contributed by atoms with van der Waals surface area (Å²) < 4.78 is 43.3. The van der Waals surface area contributed by atoms with E-state index in [2.05, 4.69) is 19.1 Å². The van der Waals surface area contributed by atoms with Gasteiger partial charge in [0.15, 0.2) is 0 Å². The number of hydrogen-bond donors (Lipinski definition) is 0. The van der Waals surface area contributed by atoms with Gasteiger partial charge in [0, 0.05) is 0 Å². The topological polar surface area (TPSA) is 0 Å². The molecule has 0 N–H and O–H groups in total. The summed E-state index contributed by atoms with van der Waals surface area (Å²) in [7, 11) is 0. The summed E-state index contributed by atoms with van der Waals surface area (Å²) in [6.45, 7) is 2.14. The minimum absolute atomic E-state index is 0.0215. The summed E-state index contributed by atoms with van der Waals surface area (Å²) >= 11 is 0. The molecule has 0 aliphatic heterocycles. The first-order valence-electron chi connectivity index (χ1n) is 10.0. The van der Waals surface area contributed by atoms with E-state index < -0.39 is 17.5 Å². The number of fused-ring (bicyclic) bond motifs is 3. The van der Waals surface area contributed by atoms with Crippen LogP contribution < -0.4 is 0 Å². The quantitative estimate of drug-likeness (QED) is 0.502. The van der Waals surface area contributed by atoms with Crippen molar-refractivity contribution in [3.05, 3.63) is 71.1 Å². The minimum atomic E-state index is -0.536. The average molecular weight is 370 g/mol. The molecule has 0 spiro atoms. The molecule has 0 saturated heterocycles. The Kier molecular flexibility index (Phi) is 5.12. The zero-order valence-corrected chi connectivity index (χ0v) is 15.7. The van der Waals surface area contributed by atoms with E-state index in [4.69, 9.17) is 0 Å². The first kappa shape index (κ1) is 18.3. The van der Waals surface area contributed by atoms with Gasteiger partial charge in [0.05, 0.1) is 5.56 Å². The number of hydrogen-bond acceptors (Lipinski definition) is 0. The van der Waals surface area contributed by atoms with Gasteiger partial charge < -0.3 is 0 Å². The minimum Gasteiger partial charge on any atom is -0.207 e. The van der Waals surface area contributed by atoms with Crippen LogP contribution in [0.25, 0.3) is 11.1 Å². The molecular formula is C24H25F3. The summed E-state index contributed by atoms with van der Waals surface area (Å²) in [6, 6.07) is 6.93. The number of benzene rings is 2. The molecule has 0 heterocycles. The zero-order chi connectivity index (χ0) is 19.0.